The number of nitrogens with zero attached hydrogens (tertiary/aromatic N) is 4. The fraction of sp³-hybridized carbons (Fsp3) is 0.474. The van der Waals surface area contributed by atoms with Gasteiger partial charge in [-0.3, -0.25) is 14.4 Å². The third-order valence-electron chi connectivity index (χ3n) is 4.98. The van der Waals surface area contributed by atoms with E-state index in [0.717, 1.165) is 6.07 Å². The average molecular weight is 433 g/mol. The molecule has 1 aliphatic heterocycles. The summed E-state index contributed by atoms with van der Waals surface area (Å²) in [5, 5.41) is 3.91. The highest BCUT2D eigenvalue weighted by Crippen LogP contribution is 2.28. The zero-order valence-electron chi connectivity index (χ0n) is 15.8. The van der Waals surface area contributed by atoms with Gasteiger partial charge in [-0.05, 0) is 25.1 Å². The van der Waals surface area contributed by atoms with Gasteiger partial charge in [0.05, 0.1) is 0 Å². The number of aromatic nitrogens is 2. The van der Waals surface area contributed by atoms with E-state index in [9.17, 15) is 22.4 Å². The Balaban J connectivity index is 1.50. The normalized spacial score (nSPS) is 15.7. The maximum Gasteiger partial charge on any atom is 0.435 e. The highest BCUT2D eigenvalue weighted by atomic mass is 35.5. The summed E-state index contributed by atoms with van der Waals surface area (Å²) in [7, 11) is 0. The van der Waals surface area contributed by atoms with E-state index in [2.05, 4.69) is 5.10 Å². The van der Waals surface area contributed by atoms with Gasteiger partial charge in [0, 0.05) is 62.0 Å². The smallest absolute Gasteiger partial charge is 0.340 e. The minimum Gasteiger partial charge on any atom is -0.340 e. The number of benzene rings is 1. The van der Waals surface area contributed by atoms with Gasteiger partial charge < -0.3 is 4.90 Å². The predicted octanol–water partition coefficient (Wildman–Crippen LogP) is 3.74. The van der Waals surface area contributed by atoms with E-state index in [-0.39, 0.29) is 24.7 Å². The lowest BCUT2D eigenvalue weighted by atomic mass is 10.1. The van der Waals surface area contributed by atoms with Gasteiger partial charge >= 0.3 is 6.18 Å². The zero-order valence-corrected chi connectivity index (χ0v) is 16.6. The summed E-state index contributed by atoms with van der Waals surface area (Å²) in [6, 6.07) is 5.53. The van der Waals surface area contributed by atoms with Crippen LogP contribution >= 0.6 is 11.6 Å². The van der Waals surface area contributed by atoms with Crippen molar-refractivity contribution in [2.24, 2.45) is 0 Å². The molecule has 5 nitrogen and oxygen atoms in total. The fourth-order valence-corrected chi connectivity index (χ4v) is 3.52. The van der Waals surface area contributed by atoms with Crippen LogP contribution in [0.4, 0.5) is 17.6 Å². The van der Waals surface area contributed by atoms with Gasteiger partial charge in [-0.1, -0.05) is 17.7 Å². The Morgan fingerprint density at radius 3 is 2.48 bits per heavy atom. The number of rotatable bonds is 5. The van der Waals surface area contributed by atoms with Crippen LogP contribution in [0.25, 0.3) is 0 Å². The summed E-state index contributed by atoms with van der Waals surface area (Å²) >= 11 is 6.06. The first kappa shape index (κ1) is 21.6. The minimum absolute atomic E-state index is 0.0684. The monoisotopic (exact) mass is 432 g/mol. The highest BCUT2D eigenvalue weighted by Gasteiger charge is 2.34. The molecule has 0 spiro atoms. The van der Waals surface area contributed by atoms with Gasteiger partial charge in [0.2, 0.25) is 5.91 Å². The minimum atomic E-state index is -4.50. The van der Waals surface area contributed by atoms with E-state index < -0.39 is 11.9 Å². The number of alkyl halides is 3. The zero-order chi connectivity index (χ0) is 21.2. The molecule has 2 heterocycles. The predicted molar refractivity (Wildman–Crippen MR) is 99.9 cm³/mol. The molecule has 0 bridgehead atoms. The van der Waals surface area contributed by atoms with E-state index >= 15 is 0 Å². The van der Waals surface area contributed by atoms with E-state index in [1.807, 2.05) is 4.90 Å². The molecule has 1 fully saturated rings. The number of piperazine rings is 1. The lowest BCUT2D eigenvalue weighted by Crippen LogP contribution is -2.48. The number of amides is 1. The molecule has 0 unspecified atom stereocenters. The third kappa shape index (κ3) is 5.27. The number of carbonyl (C=O) groups is 1. The van der Waals surface area contributed by atoms with Gasteiger partial charge in [0.15, 0.2) is 5.69 Å². The maximum absolute atomic E-state index is 13.9. The van der Waals surface area contributed by atoms with Crippen molar-refractivity contribution in [3.63, 3.8) is 0 Å². The van der Waals surface area contributed by atoms with Gasteiger partial charge in [-0.15, -0.1) is 0 Å². The first-order chi connectivity index (χ1) is 13.6. The van der Waals surface area contributed by atoms with E-state index in [4.69, 9.17) is 11.6 Å². The third-order valence-corrected chi connectivity index (χ3v) is 5.33. The summed E-state index contributed by atoms with van der Waals surface area (Å²) < 4.78 is 53.3. The molecule has 2 aromatic rings. The number of hydrogen-bond donors (Lipinski definition) is 0. The van der Waals surface area contributed by atoms with Crippen LogP contribution in [0.5, 0.6) is 0 Å². The molecule has 3 rings (SSSR count). The van der Waals surface area contributed by atoms with Crippen LogP contribution < -0.4 is 0 Å². The van der Waals surface area contributed by atoms with Crippen LogP contribution in [0.1, 0.15) is 23.4 Å². The summed E-state index contributed by atoms with van der Waals surface area (Å²) in [5.74, 6) is -0.499. The molecule has 1 aromatic heterocycles. The first-order valence-corrected chi connectivity index (χ1v) is 9.57. The summed E-state index contributed by atoms with van der Waals surface area (Å²) in [6.45, 7) is 4.05. The van der Waals surface area contributed by atoms with Crippen LogP contribution in [-0.4, -0.2) is 51.7 Å². The van der Waals surface area contributed by atoms with Gasteiger partial charge in [0.1, 0.15) is 5.82 Å². The second-order valence-corrected chi connectivity index (χ2v) is 7.41. The molecule has 0 atom stereocenters. The van der Waals surface area contributed by atoms with Crippen molar-refractivity contribution in [1.29, 1.82) is 0 Å². The van der Waals surface area contributed by atoms with Crippen molar-refractivity contribution in [1.82, 2.24) is 19.6 Å². The summed E-state index contributed by atoms with van der Waals surface area (Å²) in [4.78, 5) is 16.1. The van der Waals surface area contributed by atoms with Gasteiger partial charge in [-0.2, -0.15) is 18.3 Å². The molecular weight excluding hydrogens is 412 g/mol. The van der Waals surface area contributed by atoms with Crippen molar-refractivity contribution < 1.29 is 22.4 Å². The second kappa shape index (κ2) is 8.71. The summed E-state index contributed by atoms with van der Waals surface area (Å²) in [5.41, 5.74) is -0.164. The van der Waals surface area contributed by atoms with Crippen LogP contribution in [0.15, 0.2) is 24.3 Å². The molecule has 1 aromatic carbocycles. The lowest BCUT2D eigenvalue weighted by Gasteiger charge is -2.35. The molecule has 1 amide bonds. The van der Waals surface area contributed by atoms with Gasteiger partial charge in [0.25, 0.3) is 0 Å². The van der Waals surface area contributed by atoms with Crippen molar-refractivity contribution >= 4 is 17.5 Å². The molecule has 0 N–H and O–H groups in total. The Hall–Kier alpha value is -2.13. The van der Waals surface area contributed by atoms with Crippen LogP contribution in [0.3, 0.4) is 0 Å². The number of hydrogen-bond acceptors (Lipinski definition) is 3. The van der Waals surface area contributed by atoms with Crippen molar-refractivity contribution in [2.45, 2.75) is 32.6 Å². The molecule has 158 valence electrons. The van der Waals surface area contributed by atoms with E-state index in [1.165, 1.54) is 17.7 Å². The van der Waals surface area contributed by atoms with Crippen LogP contribution in [0.2, 0.25) is 5.02 Å². The lowest BCUT2D eigenvalue weighted by molar-refractivity contribution is -0.141. The molecule has 1 saturated heterocycles. The van der Waals surface area contributed by atoms with Crippen LogP contribution in [0, 0.1) is 12.7 Å². The van der Waals surface area contributed by atoms with E-state index in [0.29, 0.717) is 49.0 Å². The molecular formula is C19H21ClF4N4O. The maximum atomic E-state index is 13.9. The van der Waals surface area contributed by atoms with Crippen molar-refractivity contribution in [2.75, 3.05) is 26.2 Å². The number of halogens is 5. The molecule has 10 heteroatoms. The molecule has 29 heavy (non-hydrogen) atoms. The highest BCUT2D eigenvalue weighted by molar-refractivity contribution is 6.31. The summed E-state index contributed by atoms with van der Waals surface area (Å²) in [6.07, 6.45) is -4.43. The van der Waals surface area contributed by atoms with Gasteiger partial charge in [-0.25, -0.2) is 4.39 Å². The molecule has 0 saturated carbocycles. The fourth-order valence-electron chi connectivity index (χ4n) is 3.30. The Labute approximate surface area is 170 Å². The second-order valence-electron chi connectivity index (χ2n) is 7.00. The average Bonchev–Trinajstić information content (AvgIpc) is 3.04. The number of carbonyl (C=O) groups excluding carboxylic acids is 1. The first-order valence-electron chi connectivity index (χ1n) is 9.20. The quantitative estimate of drug-likeness (QED) is 0.676. The van der Waals surface area contributed by atoms with Crippen molar-refractivity contribution in [3.8, 4) is 0 Å². The SMILES string of the molecule is Cc1cc(C(F)(F)F)nn1CCC(=O)N1CCN(Cc2c(F)cccc2Cl)CC1. The molecule has 0 aliphatic carbocycles. The number of aryl methyl sites for hydroxylation is 2. The van der Waals surface area contributed by atoms with E-state index in [1.54, 1.807) is 17.0 Å². The Morgan fingerprint density at radius 1 is 1.21 bits per heavy atom. The molecule has 0 radical (unpaired) electrons. The van der Waals surface area contributed by atoms with Crippen LogP contribution in [-0.2, 0) is 24.1 Å². The standard InChI is InChI=1S/C19H21ClF4N4O/c1-13-11-17(19(22,23)24)25-28(13)6-5-18(29)27-9-7-26(8-10-27)12-14-15(20)3-2-4-16(14)21/h2-4,11H,5-10,12H2,1H3. The molecule has 1 aliphatic rings. The van der Waals surface area contributed by atoms with Crippen molar-refractivity contribution in [3.05, 3.63) is 52.1 Å². The topological polar surface area (TPSA) is 41.4 Å². The largest absolute Gasteiger partial charge is 0.435 e. The Kier molecular flexibility index (Phi) is 6.48. The Bertz CT molecular complexity index is 855. The Morgan fingerprint density at radius 2 is 1.90 bits per heavy atom.